The quantitative estimate of drug-likeness (QED) is 0.170. The lowest BCUT2D eigenvalue weighted by molar-refractivity contribution is 1.18. The summed E-state index contributed by atoms with van der Waals surface area (Å²) in [6.07, 6.45) is 0. The van der Waals surface area contributed by atoms with Gasteiger partial charge in [0.15, 0.2) is 0 Å². The molecule has 0 aliphatic carbocycles. The highest BCUT2D eigenvalue weighted by atomic mass is 15.1. The molecule has 2 aliphatic rings. The number of aromatic nitrogens is 2. The van der Waals surface area contributed by atoms with E-state index < -0.39 is 0 Å². The molecule has 0 unspecified atom stereocenters. The summed E-state index contributed by atoms with van der Waals surface area (Å²) < 4.78 is 5.03. The van der Waals surface area contributed by atoms with E-state index in [1.54, 1.807) is 0 Å². The fourth-order valence-electron chi connectivity index (χ4n) is 9.52. The first-order valence-corrected chi connectivity index (χ1v) is 17.8. The van der Waals surface area contributed by atoms with E-state index in [1.807, 2.05) is 0 Å². The van der Waals surface area contributed by atoms with Crippen molar-refractivity contribution < 1.29 is 0 Å². The van der Waals surface area contributed by atoms with Crippen LogP contribution < -0.4 is 15.7 Å². The molecule has 10 aromatic rings. The van der Waals surface area contributed by atoms with Gasteiger partial charge in [0, 0.05) is 49.6 Å². The molecule has 0 amide bonds. The van der Waals surface area contributed by atoms with Crippen molar-refractivity contribution in [2.75, 3.05) is 4.81 Å². The summed E-state index contributed by atoms with van der Waals surface area (Å²) in [7, 11) is 0. The Morgan fingerprint density at radius 3 is 1.94 bits per heavy atom. The van der Waals surface area contributed by atoms with Crippen LogP contribution in [-0.2, 0) is 0 Å². The minimum atomic E-state index is -0.0271. The van der Waals surface area contributed by atoms with Crippen LogP contribution in [-0.4, -0.2) is 16.0 Å². The Morgan fingerprint density at radius 2 is 1.12 bits per heavy atom. The van der Waals surface area contributed by atoms with Crippen molar-refractivity contribution in [2.45, 2.75) is 6.92 Å². The number of hydrogen-bond donors (Lipinski definition) is 0. The van der Waals surface area contributed by atoms with Gasteiger partial charge in [-0.2, -0.15) is 0 Å². The summed E-state index contributed by atoms with van der Waals surface area (Å²) in [4.78, 5) is 2.66. The second kappa shape index (κ2) is 9.80. The number of rotatable bonds is 2. The molecule has 0 saturated heterocycles. The second-order valence-corrected chi connectivity index (χ2v) is 14.1. The standard InChI is InChI=1S/C47H30BN3/c1-29-14-5-10-23-40(29)51-44-28-43-36(34-20-9-11-24-41(34)49(43)31-16-3-2-4-17-31)27-37(44)38-26-30-15-6-7-18-32(30)47-45(38)48(51)39-22-13-21-35-33-19-8-12-25-42(33)50(47)46(35)39/h2-28H,1H3. The molecule has 2 aliphatic heterocycles. The average molecular weight is 648 g/mol. The van der Waals surface area contributed by atoms with Crippen LogP contribution in [0, 0.1) is 6.92 Å². The fourth-order valence-corrected chi connectivity index (χ4v) is 9.52. The van der Waals surface area contributed by atoms with Crippen LogP contribution in [0.1, 0.15) is 5.56 Å². The third kappa shape index (κ3) is 3.44. The lowest BCUT2D eigenvalue weighted by Crippen LogP contribution is -2.60. The minimum absolute atomic E-state index is 0.0271. The molecule has 2 aromatic heterocycles. The molecular weight excluding hydrogens is 617 g/mol. The molecular formula is C47H30BN3. The zero-order chi connectivity index (χ0) is 33.4. The van der Waals surface area contributed by atoms with Gasteiger partial charge in [-0.25, -0.2) is 0 Å². The Hall–Kier alpha value is -6.52. The molecule has 0 radical (unpaired) electrons. The van der Waals surface area contributed by atoms with Crippen LogP contribution >= 0.6 is 0 Å². The highest BCUT2D eigenvalue weighted by Crippen LogP contribution is 2.49. The van der Waals surface area contributed by atoms with Gasteiger partial charge < -0.3 is 13.9 Å². The zero-order valence-corrected chi connectivity index (χ0v) is 28.0. The molecule has 0 fully saturated rings. The maximum atomic E-state index is 2.66. The van der Waals surface area contributed by atoms with Crippen molar-refractivity contribution in [3.05, 3.63) is 169 Å². The molecule has 0 atom stereocenters. The first kappa shape index (κ1) is 27.3. The van der Waals surface area contributed by atoms with E-state index in [-0.39, 0.29) is 6.85 Å². The minimum Gasteiger partial charge on any atom is -0.376 e. The Bertz CT molecular complexity index is 3110. The SMILES string of the molecule is Cc1ccccc1N1B2c3c(cc4ccccc4c3-n3c4ccccc4c4cccc2c43)-c2cc3c4ccccc4n(-c4ccccc4)c3cc21. The summed E-state index contributed by atoms with van der Waals surface area (Å²) in [6, 6.07) is 60.9. The zero-order valence-electron chi connectivity index (χ0n) is 28.0. The summed E-state index contributed by atoms with van der Waals surface area (Å²) in [6.45, 7) is 2.23. The predicted molar refractivity (Wildman–Crippen MR) is 216 cm³/mol. The van der Waals surface area contributed by atoms with Gasteiger partial charge in [0.25, 0.3) is 0 Å². The Kier molecular flexibility index (Phi) is 5.25. The number of hydrogen-bond acceptors (Lipinski definition) is 1. The van der Waals surface area contributed by atoms with E-state index in [4.69, 9.17) is 0 Å². The van der Waals surface area contributed by atoms with E-state index in [0.29, 0.717) is 0 Å². The molecule has 51 heavy (non-hydrogen) atoms. The Morgan fingerprint density at radius 1 is 0.451 bits per heavy atom. The monoisotopic (exact) mass is 647 g/mol. The molecule has 236 valence electrons. The number of anilines is 2. The molecule has 12 rings (SSSR count). The van der Waals surface area contributed by atoms with Crippen molar-refractivity contribution in [3.63, 3.8) is 0 Å². The van der Waals surface area contributed by atoms with Crippen LogP contribution in [0.4, 0.5) is 11.4 Å². The van der Waals surface area contributed by atoms with Gasteiger partial charge in [-0.05, 0) is 82.9 Å². The number of nitrogens with zero attached hydrogens (tertiary/aromatic N) is 3. The topological polar surface area (TPSA) is 13.1 Å². The van der Waals surface area contributed by atoms with Gasteiger partial charge >= 0.3 is 6.85 Å². The normalized spacial score (nSPS) is 13.1. The van der Waals surface area contributed by atoms with Gasteiger partial charge in [-0.1, -0.05) is 115 Å². The molecule has 0 N–H and O–H groups in total. The molecule has 3 nitrogen and oxygen atoms in total. The third-order valence-corrected chi connectivity index (χ3v) is 11.6. The van der Waals surface area contributed by atoms with Crippen LogP contribution in [0.5, 0.6) is 0 Å². The smallest absolute Gasteiger partial charge is 0.333 e. The van der Waals surface area contributed by atoms with E-state index in [1.165, 1.54) is 105 Å². The lowest BCUT2D eigenvalue weighted by atomic mass is 9.43. The summed E-state index contributed by atoms with van der Waals surface area (Å²) in [5, 5.41) is 7.68. The van der Waals surface area contributed by atoms with Crippen molar-refractivity contribution in [1.29, 1.82) is 0 Å². The van der Waals surface area contributed by atoms with Crippen LogP contribution in [0.3, 0.4) is 0 Å². The second-order valence-electron chi connectivity index (χ2n) is 14.1. The van der Waals surface area contributed by atoms with Crippen molar-refractivity contribution in [1.82, 2.24) is 9.13 Å². The summed E-state index contributed by atoms with van der Waals surface area (Å²) in [5.41, 5.74) is 16.5. The lowest BCUT2D eigenvalue weighted by Gasteiger charge is -2.43. The van der Waals surface area contributed by atoms with Crippen molar-refractivity contribution in [2.24, 2.45) is 0 Å². The van der Waals surface area contributed by atoms with E-state index in [9.17, 15) is 0 Å². The highest BCUT2D eigenvalue weighted by Gasteiger charge is 2.45. The summed E-state index contributed by atoms with van der Waals surface area (Å²) in [5.74, 6) is 0. The number of fused-ring (bicyclic) bond motifs is 12. The van der Waals surface area contributed by atoms with Crippen molar-refractivity contribution in [3.8, 4) is 22.5 Å². The molecule has 0 saturated carbocycles. The largest absolute Gasteiger partial charge is 0.376 e. The van der Waals surface area contributed by atoms with Crippen LogP contribution in [0.2, 0.25) is 0 Å². The molecule has 0 bridgehead atoms. The number of aryl methyl sites for hydroxylation is 1. The van der Waals surface area contributed by atoms with E-state index in [0.717, 1.165) is 0 Å². The molecule has 4 heterocycles. The van der Waals surface area contributed by atoms with Crippen LogP contribution in [0.25, 0.3) is 76.9 Å². The maximum Gasteiger partial charge on any atom is 0.333 e. The third-order valence-electron chi connectivity index (χ3n) is 11.6. The molecule has 0 spiro atoms. The summed E-state index contributed by atoms with van der Waals surface area (Å²) >= 11 is 0. The Labute approximate surface area is 295 Å². The van der Waals surface area contributed by atoms with E-state index >= 15 is 0 Å². The van der Waals surface area contributed by atoms with Gasteiger partial charge in [0.05, 0.1) is 27.8 Å². The number of para-hydroxylation sites is 5. The number of benzene rings is 8. The fraction of sp³-hybridized carbons (Fsp3) is 0.0213. The van der Waals surface area contributed by atoms with Gasteiger partial charge in [0.2, 0.25) is 0 Å². The molecule has 4 heteroatoms. The first-order chi connectivity index (χ1) is 25.3. The Balaban J connectivity index is 1.32. The van der Waals surface area contributed by atoms with Gasteiger partial charge in [-0.3, -0.25) is 0 Å². The first-order valence-electron chi connectivity index (χ1n) is 17.8. The average Bonchev–Trinajstić information content (AvgIpc) is 3.69. The van der Waals surface area contributed by atoms with Gasteiger partial charge in [-0.15, -0.1) is 0 Å². The maximum absolute atomic E-state index is 2.66. The predicted octanol–water partition coefficient (Wildman–Crippen LogP) is 10.6. The van der Waals surface area contributed by atoms with E-state index in [2.05, 4.69) is 185 Å². The van der Waals surface area contributed by atoms with Crippen LogP contribution in [0.15, 0.2) is 164 Å². The van der Waals surface area contributed by atoms with Gasteiger partial charge in [0.1, 0.15) is 0 Å². The highest BCUT2D eigenvalue weighted by molar-refractivity contribution is 6.94. The molecule has 8 aromatic carbocycles. The van der Waals surface area contributed by atoms with Crippen molar-refractivity contribution >= 4 is 83.5 Å².